The second kappa shape index (κ2) is 11.7. The van der Waals surface area contributed by atoms with Crippen LogP contribution in [0.5, 0.6) is 0 Å². The fourth-order valence-electron chi connectivity index (χ4n) is 1.10. The van der Waals surface area contributed by atoms with Gasteiger partial charge in [-0.05, 0) is 5.56 Å². The fourth-order valence-corrected chi connectivity index (χ4v) is 1.10. The van der Waals surface area contributed by atoms with E-state index in [1.54, 1.807) is 12.2 Å². The molecular formula is C14H22N2O2. The minimum Gasteiger partial charge on any atom is -0.445 e. The summed E-state index contributed by atoms with van der Waals surface area (Å²) in [5.41, 5.74) is 6.22. The molecule has 1 amide bonds. The molecule has 100 valence electrons. The van der Waals surface area contributed by atoms with Gasteiger partial charge >= 0.3 is 6.09 Å². The molecule has 0 fully saturated rings. The lowest BCUT2D eigenvalue weighted by molar-refractivity contribution is 0.140. The van der Waals surface area contributed by atoms with Crippen LogP contribution in [-0.4, -0.2) is 19.2 Å². The van der Waals surface area contributed by atoms with Crippen LogP contribution in [0.15, 0.2) is 42.5 Å². The molecule has 1 aromatic carbocycles. The number of nitrogens with two attached hydrogens (primary N) is 1. The van der Waals surface area contributed by atoms with E-state index in [0.29, 0.717) is 13.1 Å². The molecule has 1 aromatic rings. The standard InChI is InChI=1S/C12H16N2O2.C2H6/c13-8-4-5-9-14-12(15)16-10-11-6-2-1-3-7-11;1-2/h1-7H,8-10,13H2,(H,14,15);1-2H3/b5-4+;. The highest BCUT2D eigenvalue weighted by molar-refractivity contribution is 5.67. The number of hydrogen-bond acceptors (Lipinski definition) is 3. The molecule has 4 heteroatoms. The van der Waals surface area contributed by atoms with Crippen molar-refractivity contribution < 1.29 is 9.53 Å². The third-order valence-electron chi connectivity index (χ3n) is 1.88. The summed E-state index contributed by atoms with van der Waals surface area (Å²) in [7, 11) is 0. The van der Waals surface area contributed by atoms with E-state index in [4.69, 9.17) is 10.5 Å². The van der Waals surface area contributed by atoms with Crippen LogP contribution in [0.2, 0.25) is 0 Å². The van der Waals surface area contributed by atoms with Gasteiger partial charge in [-0.15, -0.1) is 0 Å². The molecule has 0 aliphatic rings. The first-order valence-electron chi connectivity index (χ1n) is 6.12. The molecule has 0 aromatic heterocycles. The van der Waals surface area contributed by atoms with E-state index in [9.17, 15) is 4.79 Å². The van der Waals surface area contributed by atoms with Crippen LogP contribution in [0, 0.1) is 0 Å². The molecule has 0 unspecified atom stereocenters. The Morgan fingerprint density at radius 2 is 1.94 bits per heavy atom. The number of ether oxygens (including phenoxy) is 1. The van der Waals surface area contributed by atoms with Crippen LogP contribution in [0.25, 0.3) is 0 Å². The fraction of sp³-hybridized carbons (Fsp3) is 0.357. The van der Waals surface area contributed by atoms with Crippen molar-refractivity contribution in [2.45, 2.75) is 20.5 Å². The SMILES string of the molecule is CC.NC/C=C/CNC(=O)OCc1ccccc1. The number of alkyl carbamates (subject to hydrolysis) is 1. The molecule has 0 spiro atoms. The number of rotatable bonds is 5. The van der Waals surface area contributed by atoms with Crippen LogP contribution < -0.4 is 11.1 Å². The first-order chi connectivity index (χ1) is 8.83. The molecule has 0 bridgehead atoms. The zero-order chi connectivity index (χ0) is 13.6. The average molecular weight is 250 g/mol. The highest BCUT2D eigenvalue weighted by Crippen LogP contribution is 2.00. The van der Waals surface area contributed by atoms with Crippen LogP contribution in [0.4, 0.5) is 4.79 Å². The molecule has 0 heterocycles. The molecular weight excluding hydrogens is 228 g/mol. The Morgan fingerprint density at radius 1 is 1.28 bits per heavy atom. The van der Waals surface area contributed by atoms with E-state index >= 15 is 0 Å². The average Bonchev–Trinajstić information content (AvgIpc) is 2.45. The van der Waals surface area contributed by atoms with E-state index < -0.39 is 6.09 Å². The summed E-state index contributed by atoms with van der Waals surface area (Å²) in [6, 6.07) is 9.53. The van der Waals surface area contributed by atoms with Gasteiger partial charge in [0.1, 0.15) is 6.61 Å². The quantitative estimate of drug-likeness (QED) is 0.789. The van der Waals surface area contributed by atoms with Gasteiger partial charge in [0.25, 0.3) is 0 Å². The van der Waals surface area contributed by atoms with Crippen molar-refractivity contribution in [3.8, 4) is 0 Å². The highest BCUT2D eigenvalue weighted by Gasteiger charge is 1.99. The summed E-state index contributed by atoms with van der Waals surface area (Å²) in [5, 5.41) is 2.58. The second-order valence-corrected chi connectivity index (χ2v) is 3.15. The molecule has 1 rings (SSSR count). The Labute approximate surface area is 109 Å². The van der Waals surface area contributed by atoms with Gasteiger partial charge in [0, 0.05) is 13.1 Å². The van der Waals surface area contributed by atoms with Crippen molar-refractivity contribution in [2.24, 2.45) is 5.73 Å². The van der Waals surface area contributed by atoms with Gasteiger partial charge in [0.2, 0.25) is 0 Å². The van der Waals surface area contributed by atoms with E-state index in [0.717, 1.165) is 5.56 Å². The van der Waals surface area contributed by atoms with Gasteiger partial charge in [-0.3, -0.25) is 0 Å². The van der Waals surface area contributed by atoms with Crippen LogP contribution in [-0.2, 0) is 11.3 Å². The van der Waals surface area contributed by atoms with Crippen molar-refractivity contribution in [3.63, 3.8) is 0 Å². The van der Waals surface area contributed by atoms with E-state index in [2.05, 4.69) is 5.32 Å². The van der Waals surface area contributed by atoms with Crippen molar-refractivity contribution in [3.05, 3.63) is 48.0 Å². The van der Waals surface area contributed by atoms with Gasteiger partial charge in [-0.2, -0.15) is 0 Å². The van der Waals surface area contributed by atoms with Gasteiger partial charge in [0.05, 0.1) is 0 Å². The smallest absolute Gasteiger partial charge is 0.407 e. The van der Waals surface area contributed by atoms with Crippen LogP contribution in [0.1, 0.15) is 19.4 Å². The predicted octanol–water partition coefficient (Wildman–Crippen LogP) is 2.45. The van der Waals surface area contributed by atoms with E-state index in [1.807, 2.05) is 44.2 Å². The maximum Gasteiger partial charge on any atom is 0.407 e. The summed E-state index contributed by atoms with van der Waals surface area (Å²) in [4.78, 5) is 11.2. The third kappa shape index (κ3) is 8.35. The number of nitrogens with one attached hydrogen (secondary N) is 1. The lowest BCUT2D eigenvalue weighted by Crippen LogP contribution is -2.24. The van der Waals surface area contributed by atoms with Gasteiger partial charge in [-0.25, -0.2) is 4.79 Å². The second-order valence-electron chi connectivity index (χ2n) is 3.15. The Morgan fingerprint density at radius 3 is 2.56 bits per heavy atom. The molecule has 0 saturated heterocycles. The zero-order valence-corrected chi connectivity index (χ0v) is 11.1. The highest BCUT2D eigenvalue weighted by atomic mass is 16.5. The molecule has 0 saturated carbocycles. The number of carbonyl (C=O) groups excluding carboxylic acids is 1. The number of carbonyl (C=O) groups is 1. The Bertz CT molecular complexity index is 337. The Hall–Kier alpha value is -1.81. The summed E-state index contributed by atoms with van der Waals surface area (Å²) in [6.45, 7) is 5.19. The summed E-state index contributed by atoms with van der Waals surface area (Å²) in [5.74, 6) is 0. The Balaban J connectivity index is 0.00000137. The minimum absolute atomic E-state index is 0.285. The van der Waals surface area contributed by atoms with Crippen LogP contribution in [0.3, 0.4) is 0 Å². The maximum absolute atomic E-state index is 11.2. The molecule has 4 nitrogen and oxygen atoms in total. The van der Waals surface area contributed by atoms with Gasteiger partial charge in [0.15, 0.2) is 0 Å². The lowest BCUT2D eigenvalue weighted by Gasteiger charge is -2.04. The lowest BCUT2D eigenvalue weighted by atomic mass is 10.2. The van der Waals surface area contributed by atoms with Crippen molar-refractivity contribution in [1.82, 2.24) is 5.32 Å². The normalized spacial score (nSPS) is 9.50. The zero-order valence-electron chi connectivity index (χ0n) is 11.1. The number of benzene rings is 1. The minimum atomic E-state index is -0.425. The monoisotopic (exact) mass is 250 g/mol. The first-order valence-corrected chi connectivity index (χ1v) is 6.12. The molecule has 0 radical (unpaired) electrons. The van der Waals surface area contributed by atoms with Crippen molar-refractivity contribution in [2.75, 3.05) is 13.1 Å². The van der Waals surface area contributed by atoms with Crippen molar-refractivity contribution >= 4 is 6.09 Å². The summed E-state index contributed by atoms with van der Waals surface area (Å²) in [6.07, 6.45) is 3.13. The van der Waals surface area contributed by atoms with Crippen LogP contribution >= 0.6 is 0 Å². The summed E-state index contributed by atoms with van der Waals surface area (Å²) >= 11 is 0. The Kier molecular flexibility index (Phi) is 10.5. The van der Waals surface area contributed by atoms with E-state index in [1.165, 1.54) is 0 Å². The first kappa shape index (κ1) is 16.2. The third-order valence-corrected chi connectivity index (χ3v) is 1.88. The van der Waals surface area contributed by atoms with E-state index in [-0.39, 0.29) is 6.61 Å². The predicted molar refractivity (Wildman–Crippen MR) is 74.2 cm³/mol. The van der Waals surface area contributed by atoms with Gasteiger partial charge < -0.3 is 15.8 Å². The van der Waals surface area contributed by atoms with Crippen molar-refractivity contribution in [1.29, 1.82) is 0 Å². The molecule has 0 aliphatic carbocycles. The number of amides is 1. The molecule has 0 atom stereocenters. The largest absolute Gasteiger partial charge is 0.445 e. The molecule has 0 aliphatic heterocycles. The molecule has 3 N–H and O–H groups in total. The summed E-state index contributed by atoms with van der Waals surface area (Å²) < 4.78 is 4.99. The molecule has 18 heavy (non-hydrogen) atoms. The maximum atomic E-state index is 11.2. The number of hydrogen-bond donors (Lipinski definition) is 2. The topological polar surface area (TPSA) is 64.3 Å². The van der Waals surface area contributed by atoms with Gasteiger partial charge in [-0.1, -0.05) is 56.3 Å².